The second kappa shape index (κ2) is 3.98. The zero-order chi connectivity index (χ0) is 12.7. The summed E-state index contributed by atoms with van der Waals surface area (Å²) in [5.74, 6) is 0.0688. The smallest absolute Gasteiger partial charge is 0.223 e. The summed E-state index contributed by atoms with van der Waals surface area (Å²) < 4.78 is 0. The van der Waals surface area contributed by atoms with E-state index in [-0.39, 0.29) is 5.91 Å². The highest BCUT2D eigenvalue weighted by Gasteiger charge is 2.22. The number of amides is 1. The molecule has 2 aromatic carbocycles. The van der Waals surface area contributed by atoms with Crippen molar-refractivity contribution in [1.29, 1.82) is 0 Å². The zero-order valence-electron chi connectivity index (χ0n) is 10.6. The average Bonchev–Trinajstić information content (AvgIpc) is 2.76. The maximum atomic E-state index is 11.5. The molecule has 3 rings (SSSR count). The largest absolute Gasteiger partial charge is 0.315 e. The third-order valence-electron chi connectivity index (χ3n) is 3.66. The number of hydrogen-bond acceptors (Lipinski definition) is 1. The molecule has 0 fully saturated rings. The van der Waals surface area contributed by atoms with Crippen molar-refractivity contribution in [2.24, 2.45) is 0 Å². The predicted molar refractivity (Wildman–Crippen MR) is 73.8 cm³/mol. The third-order valence-corrected chi connectivity index (χ3v) is 3.66. The molecule has 0 radical (unpaired) electrons. The van der Waals surface area contributed by atoms with E-state index in [9.17, 15) is 4.79 Å². The molecule has 1 aliphatic carbocycles. The molecule has 0 saturated heterocycles. The van der Waals surface area contributed by atoms with E-state index in [0.717, 1.165) is 12.1 Å². The number of nitrogens with zero attached hydrogens (tertiary/aromatic N) is 1. The van der Waals surface area contributed by atoms with Crippen LogP contribution in [0, 0.1) is 0 Å². The third kappa shape index (κ3) is 1.53. The van der Waals surface area contributed by atoms with Gasteiger partial charge in [0.25, 0.3) is 0 Å². The van der Waals surface area contributed by atoms with Crippen LogP contribution in [0.4, 0.5) is 5.69 Å². The second-order valence-electron chi connectivity index (χ2n) is 4.72. The molecule has 0 spiro atoms. The second-order valence-corrected chi connectivity index (χ2v) is 4.72. The SMILES string of the molecule is CC(=O)N(C)c1cccc2c1Cc1ccccc1-2. The van der Waals surface area contributed by atoms with Gasteiger partial charge in [-0.3, -0.25) is 4.79 Å². The van der Waals surface area contributed by atoms with Crippen LogP contribution < -0.4 is 4.90 Å². The topological polar surface area (TPSA) is 20.3 Å². The number of hydrogen-bond donors (Lipinski definition) is 0. The number of carbonyl (C=O) groups is 1. The van der Waals surface area contributed by atoms with Gasteiger partial charge in [0.2, 0.25) is 5.91 Å². The first-order chi connectivity index (χ1) is 8.68. The molecule has 1 aliphatic rings. The van der Waals surface area contributed by atoms with Crippen LogP contribution in [0.5, 0.6) is 0 Å². The Hall–Kier alpha value is -2.09. The summed E-state index contributed by atoms with van der Waals surface area (Å²) >= 11 is 0. The van der Waals surface area contributed by atoms with E-state index in [1.165, 1.54) is 22.3 Å². The molecule has 0 saturated carbocycles. The number of rotatable bonds is 1. The molecule has 1 amide bonds. The van der Waals surface area contributed by atoms with Crippen LogP contribution in [0.15, 0.2) is 42.5 Å². The van der Waals surface area contributed by atoms with Gasteiger partial charge in [0.05, 0.1) is 0 Å². The van der Waals surface area contributed by atoms with E-state index in [4.69, 9.17) is 0 Å². The van der Waals surface area contributed by atoms with Crippen LogP contribution in [0.25, 0.3) is 11.1 Å². The van der Waals surface area contributed by atoms with Gasteiger partial charge in [-0.05, 0) is 28.3 Å². The summed E-state index contributed by atoms with van der Waals surface area (Å²) in [4.78, 5) is 13.3. The van der Waals surface area contributed by atoms with E-state index in [0.29, 0.717) is 0 Å². The Morgan fingerprint density at radius 3 is 2.56 bits per heavy atom. The summed E-state index contributed by atoms with van der Waals surface area (Å²) in [7, 11) is 1.83. The highest BCUT2D eigenvalue weighted by atomic mass is 16.2. The lowest BCUT2D eigenvalue weighted by atomic mass is 10.0. The number of carbonyl (C=O) groups excluding carboxylic acids is 1. The summed E-state index contributed by atoms with van der Waals surface area (Å²) in [6, 6.07) is 14.6. The van der Waals surface area contributed by atoms with Crippen LogP contribution in [0.3, 0.4) is 0 Å². The molecule has 0 unspecified atom stereocenters. The normalized spacial score (nSPS) is 11.9. The summed E-state index contributed by atoms with van der Waals surface area (Å²) in [5, 5.41) is 0. The first-order valence-corrected chi connectivity index (χ1v) is 6.13. The van der Waals surface area contributed by atoms with E-state index in [1.807, 2.05) is 19.2 Å². The zero-order valence-corrected chi connectivity index (χ0v) is 10.6. The van der Waals surface area contributed by atoms with Crippen molar-refractivity contribution in [3.63, 3.8) is 0 Å². The Morgan fingerprint density at radius 1 is 1.06 bits per heavy atom. The average molecular weight is 237 g/mol. The van der Waals surface area contributed by atoms with E-state index < -0.39 is 0 Å². The molecule has 0 bridgehead atoms. The Morgan fingerprint density at radius 2 is 1.78 bits per heavy atom. The van der Waals surface area contributed by atoms with Gasteiger partial charge < -0.3 is 4.90 Å². The molecular formula is C16H15NO. The van der Waals surface area contributed by atoms with Gasteiger partial charge in [-0.1, -0.05) is 36.4 Å². The fourth-order valence-corrected chi connectivity index (χ4v) is 2.62. The van der Waals surface area contributed by atoms with Crippen LogP contribution in [-0.2, 0) is 11.2 Å². The molecule has 18 heavy (non-hydrogen) atoms. The van der Waals surface area contributed by atoms with Crippen LogP contribution in [0.2, 0.25) is 0 Å². The molecule has 90 valence electrons. The first kappa shape index (κ1) is 11.0. The van der Waals surface area contributed by atoms with Gasteiger partial charge in [0, 0.05) is 26.1 Å². The van der Waals surface area contributed by atoms with Crippen LogP contribution in [0.1, 0.15) is 18.1 Å². The van der Waals surface area contributed by atoms with Crippen molar-refractivity contribution >= 4 is 11.6 Å². The lowest BCUT2D eigenvalue weighted by Crippen LogP contribution is -2.23. The molecule has 0 aromatic heterocycles. The fourth-order valence-electron chi connectivity index (χ4n) is 2.62. The minimum absolute atomic E-state index is 0.0688. The lowest BCUT2D eigenvalue weighted by molar-refractivity contribution is -0.116. The van der Waals surface area contributed by atoms with Gasteiger partial charge >= 0.3 is 0 Å². The summed E-state index contributed by atoms with van der Waals surface area (Å²) in [6.45, 7) is 1.60. The van der Waals surface area contributed by atoms with Crippen molar-refractivity contribution in [2.75, 3.05) is 11.9 Å². The van der Waals surface area contributed by atoms with Crippen molar-refractivity contribution in [3.8, 4) is 11.1 Å². The highest BCUT2D eigenvalue weighted by molar-refractivity contribution is 5.94. The van der Waals surface area contributed by atoms with Gasteiger partial charge in [-0.2, -0.15) is 0 Å². The monoisotopic (exact) mass is 237 g/mol. The van der Waals surface area contributed by atoms with E-state index in [1.54, 1.807) is 11.8 Å². The number of fused-ring (bicyclic) bond motifs is 3. The van der Waals surface area contributed by atoms with Gasteiger partial charge in [0.15, 0.2) is 0 Å². The molecule has 0 N–H and O–H groups in total. The summed E-state index contributed by atoms with van der Waals surface area (Å²) in [5.41, 5.74) is 6.19. The van der Waals surface area contributed by atoms with Gasteiger partial charge in [0.1, 0.15) is 0 Å². The minimum Gasteiger partial charge on any atom is -0.315 e. The quantitative estimate of drug-likeness (QED) is 0.636. The van der Waals surface area contributed by atoms with E-state index in [2.05, 4.69) is 30.3 Å². The summed E-state index contributed by atoms with van der Waals surface area (Å²) in [6.07, 6.45) is 0.916. The molecule has 2 heteroatoms. The Bertz CT molecular complexity index is 631. The Kier molecular flexibility index (Phi) is 2.44. The molecular weight excluding hydrogens is 222 g/mol. The molecule has 2 nitrogen and oxygen atoms in total. The van der Waals surface area contributed by atoms with Crippen molar-refractivity contribution < 1.29 is 4.79 Å². The predicted octanol–water partition coefficient (Wildman–Crippen LogP) is 3.24. The molecule has 0 heterocycles. The van der Waals surface area contributed by atoms with Crippen molar-refractivity contribution in [3.05, 3.63) is 53.6 Å². The first-order valence-electron chi connectivity index (χ1n) is 6.13. The van der Waals surface area contributed by atoms with E-state index >= 15 is 0 Å². The Labute approximate surface area is 107 Å². The van der Waals surface area contributed by atoms with Crippen LogP contribution >= 0.6 is 0 Å². The number of anilines is 1. The van der Waals surface area contributed by atoms with Crippen molar-refractivity contribution in [2.45, 2.75) is 13.3 Å². The minimum atomic E-state index is 0.0688. The molecule has 2 aromatic rings. The van der Waals surface area contributed by atoms with Gasteiger partial charge in [-0.25, -0.2) is 0 Å². The highest BCUT2D eigenvalue weighted by Crippen LogP contribution is 2.40. The molecule has 0 aliphatic heterocycles. The maximum absolute atomic E-state index is 11.5. The standard InChI is InChI=1S/C16H15NO/c1-11(18)17(2)16-9-5-8-14-13-7-4-3-6-12(13)10-15(14)16/h3-9H,10H2,1-2H3. The fraction of sp³-hybridized carbons (Fsp3) is 0.188. The maximum Gasteiger partial charge on any atom is 0.223 e. The van der Waals surface area contributed by atoms with Crippen LogP contribution in [-0.4, -0.2) is 13.0 Å². The Balaban J connectivity index is 2.17. The van der Waals surface area contributed by atoms with Crippen molar-refractivity contribution in [1.82, 2.24) is 0 Å². The number of benzene rings is 2. The molecule has 0 atom stereocenters. The lowest BCUT2D eigenvalue weighted by Gasteiger charge is -2.18. The van der Waals surface area contributed by atoms with Gasteiger partial charge in [-0.15, -0.1) is 0 Å².